The van der Waals surface area contributed by atoms with Crippen LogP contribution >= 0.6 is 23.1 Å². The van der Waals surface area contributed by atoms with Gasteiger partial charge in [0.05, 0.1) is 36.7 Å². The highest BCUT2D eigenvalue weighted by Crippen LogP contribution is 2.41. The number of nitro groups is 1. The summed E-state index contributed by atoms with van der Waals surface area (Å²) >= 11 is 2.54. The van der Waals surface area contributed by atoms with E-state index < -0.39 is 10.9 Å². The fourth-order valence-corrected chi connectivity index (χ4v) is 5.07. The maximum absolute atomic E-state index is 12.6. The first kappa shape index (κ1) is 25.9. The molecular weight excluding hydrogens is 524 g/mol. The lowest BCUT2D eigenvalue weighted by molar-refractivity contribution is -0.387. The molecule has 0 bridgehead atoms. The minimum atomic E-state index is -0.780. The Morgan fingerprint density at radius 2 is 1.84 bits per heavy atom. The van der Waals surface area contributed by atoms with Crippen molar-refractivity contribution >= 4 is 34.8 Å². The summed E-state index contributed by atoms with van der Waals surface area (Å²) in [6, 6.07) is 7.38. The van der Waals surface area contributed by atoms with Crippen molar-refractivity contribution in [1.29, 1.82) is 0 Å². The van der Waals surface area contributed by atoms with Crippen molar-refractivity contribution in [2.75, 3.05) is 21.3 Å². The van der Waals surface area contributed by atoms with Gasteiger partial charge in [0.15, 0.2) is 22.4 Å². The molecule has 192 valence electrons. The van der Waals surface area contributed by atoms with Gasteiger partial charge in [-0.25, -0.2) is 9.78 Å². The minimum absolute atomic E-state index is 0.00994. The lowest BCUT2D eigenvalue weighted by Crippen LogP contribution is -2.06. The molecule has 2 aromatic heterocycles. The fraction of sp³-hybridized carbons (Fsp3) is 0.217. The first-order chi connectivity index (χ1) is 17.8. The standard InChI is InChI=1S/C23H20N4O8S2/c1-12-11-36-23(24-12)37-18-6-5-13(7-15(18)27(29)30)22(28)34-10-19-25-26-21(35-19)14-8-16(31-2)20(33-4)17(9-14)32-3/h5-9,11H,10H2,1-4H3. The number of aromatic nitrogens is 3. The Balaban J connectivity index is 1.47. The number of carbonyl (C=O) groups excluding carboxylic acids is 1. The number of nitro benzene ring substituents is 1. The highest BCUT2D eigenvalue weighted by molar-refractivity contribution is 8.01. The molecule has 0 N–H and O–H groups in total. The van der Waals surface area contributed by atoms with Crippen LogP contribution in [0.15, 0.2) is 49.4 Å². The van der Waals surface area contributed by atoms with E-state index in [1.807, 2.05) is 12.3 Å². The van der Waals surface area contributed by atoms with Crippen molar-refractivity contribution in [2.24, 2.45) is 0 Å². The Morgan fingerprint density at radius 3 is 2.43 bits per heavy atom. The van der Waals surface area contributed by atoms with Gasteiger partial charge in [-0.3, -0.25) is 10.1 Å². The highest BCUT2D eigenvalue weighted by Gasteiger charge is 2.22. The van der Waals surface area contributed by atoms with Crippen molar-refractivity contribution < 1.29 is 33.1 Å². The Morgan fingerprint density at radius 1 is 1.11 bits per heavy atom. The van der Waals surface area contributed by atoms with Crippen LogP contribution in [-0.2, 0) is 11.3 Å². The van der Waals surface area contributed by atoms with Crippen LogP contribution in [0.4, 0.5) is 5.69 Å². The second-order valence-corrected chi connectivity index (χ2v) is 9.43. The second kappa shape index (κ2) is 11.3. The quantitative estimate of drug-likeness (QED) is 0.151. The van der Waals surface area contributed by atoms with Crippen LogP contribution in [0.2, 0.25) is 0 Å². The molecule has 2 heterocycles. The Labute approximate surface area is 218 Å². The monoisotopic (exact) mass is 544 g/mol. The van der Waals surface area contributed by atoms with Crippen molar-refractivity contribution in [2.45, 2.75) is 22.8 Å². The van der Waals surface area contributed by atoms with Gasteiger partial charge in [-0.05, 0) is 31.2 Å². The molecule has 0 aliphatic heterocycles. The van der Waals surface area contributed by atoms with Crippen LogP contribution in [-0.4, -0.2) is 47.4 Å². The van der Waals surface area contributed by atoms with Gasteiger partial charge < -0.3 is 23.4 Å². The van der Waals surface area contributed by atoms with Crippen LogP contribution in [0.5, 0.6) is 17.2 Å². The number of benzene rings is 2. The van der Waals surface area contributed by atoms with Crippen LogP contribution in [0.3, 0.4) is 0 Å². The molecule has 12 nitrogen and oxygen atoms in total. The van der Waals surface area contributed by atoms with Gasteiger partial charge >= 0.3 is 5.97 Å². The van der Waals surface area contributed by atoms with E-state index in [1.165, 1.54) is 50.9 Å². The van der Waals surface area contributed by atoms with Gasteiger partial charge in [-0.15, -0.1) is 21.5 Å². The number of hydrogen-bond acceptors (Lipinski definition) is 13. The first-order valence-electron chi connectivity index (χ1n) is 10.5. The summed E-state index contributed by atoms with van der Waals surface area (Å²) in [5.74, 6) is 0.588. The van der Waals surface area contributed by atoms with Crippen molar-refractivity contribution in [1.82, 2.24) is 15.2 Å². The molecule has 0 saturated carbocycles. The predicted octanol–water partition coefficient (Wildman–Crippen LogP) is 4.94. The van der Waals surface area contributed by atoms with Crippen LogP contribution in [0, 0.1) is 17.0 Å². The van der Waals surface area contributed by atoms with Gasteiger partial charge in [-0.2, -0.15) is 0 Å². The van der Waals surface area contributed by atoms with E-state index in [0.29, 0.717) is 32.0 Å². The molecule has 14 heteroatoms. The lowest BCUT2D eigenvalue weighted by Gasteiger charge is -2.12. The number of ether oxygens (including phenoxy) is 4. The van der Waals surface area contributed by atoms with Crippen LogP contribution in [0.1, 0.15) is 21.9 Å². The SMILES string of the molecule is COc1cc(-c2nnc(COC(=O)c3ccc(Sc4nc(C)cs4)c([N+](=O)[O-])c3)o2)cc(OC)c1OC. The lowest BCUT2D eigenvalue weighted by atomic mass is 10.2. The maximum Gasteiger partial charge on any atom is 0.338 e. The van der Waals surface area contributed by atoms with Crippen molar-refractivity contribution in [3.63, 3.8) is 0 Å². The molecule has 37 heavy (non-hydrogen) atoms. The van der Waals surface area contributed by atoms with Gasteiger partial charge in [0.1, 0.15) is 0 Å². The summed E-state index contributed by atoms with van der Waals surface area (Å²) in [5.41, 5.74) is 1.11. The summed E-state index contributed by atoms with van der Waals surface area (Å²) in [6.45, 7) is 1.50. The Bertz CT molecular complexity index is 1430. The first-order valence-corrected chi connectivity index (χ1v) is 12.2. The van der Waals surface area contributed by atoms with E-state index in [2.05, 4.69) is 15.2 Å². The number of carbonyl (C=O) groups is 1. The summed E-state index contributed by atoms with van der Waals surface area (Å²) in [7, 11) is 4.45. The van der Waals surface area contributed by atoms with Crippen molar-refractivity contribution in [3.05, 3.63) is 63.0 Å². The Kier molecular flexibility index (Phi) is 7.89. The molecule has 0 fully saturated rings. The van der Waals surface area contributed by atoms with Crippen LogP contribution < -0.4 is 14.2 Å². The van der Waals surface area contributed by atoms with Gasteiger partial charge in [0.25, 0.3) is 11.6 Å². The average molecular weight is 545 g/mol. The summed E-state index contributed by atoms with van der Waals surface area (Å²) in [6.07, 6.45) is 0. The number of nitrogens with zero attached hydrogens (tertiary/aromatic N) is 4. The van der Waals surface area contributed by atoms with E-state index in [-0.39, 0.29) is 29.6 Å². The summed E-state index contributed by atoms with van der Waals surface area (Å²) < 4.78 is 27.5. The number of rotatable bonds is 10. The van der Waals surface area contributed by atoms with Gasteiger partial charge in [0.2, 0.25) is 11.6 Å². The number of esters is 1. The molecule has 0 aliphatic rings. The zero-order chi connectivity index (χ0) is 26.5. The molecule has 2 aromatic carbocycles. The topological polar surface area (TPSA) is 149 Å². The molecule has 0 atom stereocenters. The minimum Gasteiger partial charge on any atom is -0.493 e. The van der Waals surface area contributed by atoms with E-state index >= 15 is 0 Å². The molecule has 0 aliphatic carbocycles. The summed E-state index contributed by atoms with van der Waals surface area (Å²) in [4.78, 5) is 28.3. The summed E-state index contributed by atoms with van der Waals surface area (Å²) in [5, 5.41) is 21.3. The molecule has 0 unspecified atom stereocenters. The van der Waals surface area contributed by atoms with E-state index in [1.54, 1.807) is 12.1 Å². The molecule has 0 spiro atoms. The third-order valence-corrected chi connectivity index (χ3v) is 7.01. The second-order valence-electron chi connectivity index (χ2n) is 7.29. The molecule has 4 aromatic rings. The molecule has 4 rings (SSSR count). The zero-order valence-corrected chi connectivity index (χ0v) is 21.7. The predicted molar refractivity (Wildman–Crippen MR) is 133 cm³/mol. The third kappa shape index (κ3) is 5.81. The average Bonchev–Trinajstić information content (AvgIpc) is 3.55. The van der Waals surface area contributed by atoms with Gasteiger partial charge in [0, 0.05) is 22.7 Å². The molecule has 0 saturated heterocycles. The largest absolute Gasteiger partial charge is 0.493 e. The number of thiazole rings is 1. The number of methoxy groups -OCH3 is 3. The van der Waals surface area contributed by atoms with Crippen molar-refractivity contribution in [3.8, 4) is 28.7 Å². The van der Waals surface area contributed by atoms with E-state index in [9.17, 15) is 14.9 Å². The highest BCUT2D eigenvalue weighted by atomic mass is 32.2. The zero-order valence-electron chi connectivity index (χ0n) is 20.0. The van der Waals surface area contributed by atoms with Crippen LogP contribution in [0.25, 0.3) is 11.5 Å². The number of hydrogen-bond donors (Lipinski definition) is 0. The van der Waals surface area contributed by atoms with E-state index in [0.717, 1.165) is 17.5 Å². The molecule has 0 radical (unpaired) electrons. The maximum atomic E-state index is 12.6. The third-order valence-electron chi connectivity index (χ3n) is 4.89. The Hall–Kier alpha value is -4.17. The van der Waals surface area contributed by atoms with E-state index in [4.69, 9.17) is 23.4 Å². The normalized spacial score (nSPS) is 10.7. The van der Waals surface area contributed by atoms with Gasteiger partial charge in [-0.1, -0.05) is 11.8 Å². The smallest absolute Gasteiger partial charge is 0.338 e. The molecular formula is C23H20N4O8S2. The molecule has 0 amide bonds. The number of aryl methyl sites for hydroxylation is 1. The fourth-order valence-electron chi connectivity index (χ4n) is 3.19.